The minimum Gasteiger partial charge on any atom is -0.451 e. The monoisotopic (exact) mass is 480 g/mol. The maximum absolute atomic E-state index is 12.7. The molecule has 0 aliphatic heterocycles. The number of rotatable bonds is 4. The van der Waals surface area contributed by atoms with Gasteiger partial charge in [-0.3, -0.25) is 9.59 Å². The smallest absolute Gasteiger partial charge is 0.291 e. The quantitative estimate of drug-likeness (QED) is 0.280. The highest BCUT2D eigenvalue weighted by molar-refractivity contribution is 7.21. The molecular formula is C24H14Cl2N2O3S. The zero-order valence-corrected chi connectivity index (χ0v) is 18.6. The van der Waals surface area contributed by atoms with Crippen LogP contribution in [0.15, 0.2) is 77.2 Å². The van der Waals surface area contributed by atoms with Gasteiger partial charge in [0.15, 0.2) is 5.76 Å². The molecule has 0 aliphatic rings. The van der Waals surface area contributed by atoms with E-state index in [0.29, 0.717) is 31.9 Å². The van der Waals surface area contributed by atoms with Crippen molar-refractivity contribution in [1.29, 1.82) is 0 Å². The van der Waals surface area contributed by atoms with Crippen LogP contribution < -0.4 is 10.6 Å². The third-order valence-corrected chi connectivity index (χ3v) is 6.74. The van der Waals surface area contributed by atoms with E-state index in [4.69, 9.17) is 27.6 Å². The van der Waals surface area contributed by atoms with Gasteiger partial charge >= 0.3 is 0 Å². The van der Waals surface area contributed by atoms with Crippen LogP contribution in [0.4, 0.5) is 11.4 Å². The van der Waals surface area contributed by atoms with Gasteiger partial charge in [-0.25, -0.2) is 0 Å². The van der Waals surface area contributed by atoms with E-state index in [1.54, 1.807) is 54.6 Å². The highest BCUT2D eigenvalue weighted by atomic mass is 35.5. The summed E-state index contributed by atoms with van der Waals surface area (Å²) in [7, 11) is 0. The molecule has 0 unspecified atom stereocenters. The second-order valence-electron chi connectivity index (χ2n) is 7.02. The third kappa shape index (κ3) is 3.96. The number of furan rings is 1. The Kier molecular flexibility index (Phi) is 5.35. The lowest BCUT2D eigenvalue weighted by molar-refractivity contribution is 0.0996. The average Bonchev–Trinajstić information content (AvgIpc) is 3.36. The summed E-state index contributed by atoms with van der Waals surface area (Å²) in [6.45, 7) is 0. The summed E-state index contributed by atoms with van der Waals surface area (Å²) >= 11 is 13.7. The molecule has 8 heteroatoms. The fraction of sp³-hybridized carbons (Fsp3) is 0. The Morgan fingerprint density at radius 2 is 1.50 bits per heavy atom. The molecule has 5 rings (SSSR count). The molecule has 3 aromatic carbocycles. The SMILES string of the molecule is O=C(Nc1ccc(NC(=O)c2sc3cc(Cl)ccc3c2Cl)cc1)c1cc2ccccc2o1. The second kappa shape index (κ2) is 8.31. The van der Waals surface area contributed by atoms with E-state index in [-0.39, 0.29) is 17.6 Å². The predicted octanol–water partition coefficient (Wildman–Crippen LogP) is 7.46. The van der Waals surface area contributed by atoms with Crippen molar-refractivity contribution >= 4 is 78.8 Å². The first-order valence-electron chi connectivity index (χ1n) is 9.57. The molecule has 0 saturated carbocycles. The first kappa shape index (κ1) is 20.6. The van der Waals surface area contributed by atoms with Crippen LogP contribution in [0.25, 0.3) is 21.1 Å². The maximum Gasteiger partial charge on any atom is 0.291 e. The molecule has 5 aromatic rings. The van der Waals surface area contributed by atoms with Crippen LogP contribution in [0.3, 0.4) is 0 Å². The zero-order valence-electron chi connectivity index (χ0n) is 16.3. The molecule has 5 nitrogen and oxygen atoms in total. The summed E-state index contributed by atoms with van der Waals surface area (Å²) in [4.78, 5) is 25.6. The van der Waals surface area contributed by atoms with Gasteiger partial charge in [0, 0.05) is 31.9 Å². The number of thiophene rings is 1. The lowest BCUT2D eigenvalue weighted by atomic mass is 10.2. The summed E-state index contributed by atoms with van der Waals surface area (Å²) in [5.74, 6) is -0.442. The fourth-order valence-electron chi connectivity index (χ4n) is 3.30. The van der Waals surface area contributed by atoms with Crippen LogP contribution >= 0.6 is 34.5 Å². The number of para-hydroxylation sites is 1. The number of carbonyl (C=O) groups is 2. The van der Waals surface area contributed by atoms with Gasteiger partial charge in [-0.2, -0.15) is 0 Å². The van der Waals surface area contributed by atoms with E-state index in [0.717, 1.165) is 15.5 Å². The Morgan fingerprint density at radius 1 is 0.812 bits per heavy atom. The Labute approximate surface area is 196 Å². The lowest BCUT2D eigenvalue weighted by Gasteiger charge is -2.07. The van der Waals surface area contributed by atoms with Gasteiger partial charge in [-0.05, 0) is 48.5 Å². The summed E-state index contributed by atoms with van der Waals surface area (Å²) in [5.41, 5.74) is 1.80. The summed E-state index contributed by atoms with van der Waals surface area (Å²) in [5, 5.41) is 8.24. The van der Waals surface area contributed by atoms with Crippen molar-refractivity contribution in [2.24, 2.45) is 0 Å². The Hall–Kier alpha value is -3.32. The van der Waals surface area contributed by atoms with E-state index in [2.05, 4.69) is 10.6 Å². The highest BCUT2D eigenvalue weighted by Gasteiger charge is 2.18. The zero-order chi connectivity index (χ0) is 22.2. The summed E-state index contributed by atoms with van der Waals surface area (Å²) in [6.07, 6.45) is 0. The first-order chi connectivity index (χ1) is 15.5. The molecule has 0 atom stereocenters. The topological polar surface area (TPSA) is 71.3 Å². The number of hydrogen-bond acceptors (Lipinski definition) is 4. The molecular weight excluding hydrogens is 467 g/mol. The maximum atomic E-state index is 12.7. The average molecular weight is 481 g/mol. The van der Waals surface area contributed by atoms with Crippen molar-refractivity contribution in [1.82, 2.24) is 0 Å². The van der Waals surface area contributed by atoms with Gasteiger partial charge in [0.05, 0.1) is 5.02 Å². The van der Waals surface area contributed by atoms with Crippen LogP contribution in [0.5, 0.6) is 0 Å². The molecule has 0 spiro atoms. The Morgan fingerprint density at radius 3 is 2.22 bits per heavy atom. The Bertz CT molecular complexity index is 1460. The second-order valence-corrected chi connectivity index (χ2v) is 8.89. The molecule has 32 heavy (non-hydrogen) atoms. The number of benzene rings is 3. The molecule has 2 N–H and O–H groups in total. The van der Waals surface area contributed by atoms with Crippen molar-refractivity contribution in [3.63, 3.8) is 0 Å². The van der Waals surface area contributed by atoms with Crippen LogP contribution in [-0.4, -0.2) is 11.8 Å². The number of fused-ring (bicyclic) bond motifs is 2. The van der Waals surface area contributed by atoms with Crippen molar-refractivity contribution in [3.05, 3.63) is 93.5 Å². The van der Waals surface area contributed by atoms with Crippen molar-refractivity contribution in [3.8, 4) is 0 Å². The standard InChI is InChI=1S/C24H14Cl2N2O3S/c25-14-5-10-17-20(12-14)32-22(21(17)26)24(30)28-16-8-6-15(7-9-16)27-23(29)19-11-13-3-1-2-4-18(13)31-19/h1-12H,(H,27,29)(H,28,30). The van der Waals surface area contributed by atoms with Crippen molar-refractivity contribution in [2.75, 3.05) is 10.6 Å². The van der Waals surface area contributed by atoms with Crippen LogP contribution in [0.2, 0.25) is 10.0 Å². The molecule has 0 saturated heterocycles. The van der Waals surface area contributed by atoms with Crippen LogP contribution in [0.1, 0.15) is 20.2 Å². The van der Waals surface area contributed by atoms with Gasteiger partial charge in [0.1, 0.15) is 10.5 Å². The number of anilines is 2. The number of nitrogens with one attached hydrogen (secondary N) is 2. The molecule has 0 bridgehead atoms. The van der Waals surface area contributed by atoms with Gasteiger partial charge < -0.3 is 15.1 Å². The van der Waals surface area contributed by atoms with E-state index in [1.807, 2.05) is 18.2 Å². The van der Waals surface area contributed by atoms with Crippen molar-refractivity contribution in [2.45, 2.75) is 0 Å². The summed E-state index contributed by atoms with van der Waals surface area (Å²) < 4.78 is 6.43. The number of hydrogen-bond donors (Lipinski definition) is 2. The van der Waals surface area contributed by atoms with Crippen LogP contribution in [0, 0.1) is 0 Å². The molecule has 2 amide bonds. The third-order valence-electron chi connectivity index (χ3n) is 4.85. The summed E-state index contributed by atoms with van der Waals surface area (Å²) in [6, 6.07) is 21.2. The minimum atomic E-state index is -0.353. The molecule has 0 aliphatic carbocycles. The van der Waals surface area contributed by atoms with Gasteiger partial charge in [0.2, 0.25) is 0 Å². The first-order valence-corrected chi connectivity index (χ1v) is 11.1. The molecule has 2 heterocycles. The fourth-order valence-corrected chi connectivity index (χ4v) is 4.98. The number of halogens is 2. The largest absolute Gasteiger partial charge is 0.451 e. The normalized spacial score (nSPS) is 11.1. The Balaban J connectivity index is 1.29. The number of amides is 2. The van der Waals surface area contributed by atoms with E-state index in [9.17, 15) is 9.59 Å². The molecule has 158 valence electrons. The molecule has 0 radical (unpaired) electrons. The minimum absolute atomic E-state index is 0.225. The van der Waals surface area contributed by atoms with Crippen LogP contribution in [-0.2, 0) is 0 Å². The molecule has 2 aromatic heterocycles. The predicted molar refractivity (Wildman–Crippen MR) is 130 cm³/mol. The van der Waals surface area contributed by atoms with Gasteiger partial charge in [0.25, 0.3) is 11.8 Å². The number of carbonyl (C=O) groups excluding carboxylic acids is 2. The molecule has 0 fully saturated rings. The lowest BCUT2D eigenvalue weighted by Crippen LogP contribution is -2.12. The van der Waals surface area contributed by atoms with Gasteiger partial charge in [-0.1, -0.05) is 47.5 Å². The van der Waals surface area contributed by atoms with E-state index >= 15 is 0 Å². The van der Waals surface area contributed by atoms with Crippen molar-refractivity contribution < 1.29 is 14.0 Å². The van der Waals surface area contributed by atoms with E-state index < -0.39 is 0 Å². The van der Waals surface area contributed by atoms with E-state index in [1.165, 1.54) is 11.3 Å². The van der Waals surface area contributed by atoms with Gasteiger partial charge in [-0.15, -0.1) is 11.3 Å². The highest BCUT2D eigenvalue weighted by Crippen LogP contribution is 2.37.